The highest BCUT2D eigenvalue weighted by atomic mass is 32.1. The molecule has 0 aliphatic rings. The Labute approximate surface area is 134 Å². The van der Waals surface area contributed by atoms with Gasteiger partial charge in [0, 0.05) is 19.4 Å². The first-order valence-corrected chi connectivity index (χ1v) is 7.49. The number of amides is 1. The van der Waals surface area contributed by atoms with E-state index in [9.17, 15) is 13.6 Å². The number of thiazole rings is 1. The summed E-state index contributed by atoms with van der Waals surface area (Å²) in [6.45, 7) is 1.79. The molecule has 2 heterocycles. The van der Waals surface area contributed by atoms with Crippen LogP contribution in [-0.2, 0) is 7.05 Å². The van der Waals surface area contributed by atoms with Crippen molar-refractivity contribution >= 4 is 22.4 Å². The van der Waals surface area contributed by atoms with Crippen molar-refractivity contribution < 1.29 is 13.6 Å². The van der Waals surface area contributed by atoms with Crippen LogP contribution in [0.25, 0.3) is 10.7 Å². The molecule has 0 unspecified atom stereocenters. The first-order valence-electron chi connectivity index (χ1n) is 6.67. The molecular formula is C15H12F2N4OS. The highest BCUT2D eigenvalue weighted by Crippen LogP contribution is 2.31. The van der Waals surface area contributed by atoms with E-state index in [-0.39, 0.29) is 5.56 Å². The molecule has 1 amide bonds. The molecule has 1 N–H and O–H groups in total. The molecule has 8 heteroatoms. The van der Waals surface area contributed by atoms with Gasteiger partial charge in [0.2, 0.25) is 0 Å². The van der Waals surface area contributed by atoms with Crippen molar-refractivity contribution in [3.8, 4) is 10.7 Å². The summed E-state index contributed by atoms with van der Waals surface area (Å²) in [5.41, 5.74) is 0.329. The van der Waals surface area contributed by atoms with Crippen molar-refractivity contribution in [2.24, 2.45) is 7.05 Å². The molecule has 0 spiro atoms. The van der Waals surface area contributed by atoms with E-state index in [0.717, 1.165) is 28.9 Å². The zero-order chi connectivity index (χ0) is 16.6. The quantitative estimate of drug-likeness (QED) is 0.799. The molecular weight excluding hydrogens is 322 g/mol. The fourth-order valence-corrected chi connectivity index (χ4v) is 3.08. The number of nitrogens with zero attached hydrogens (tertiary/aromatic N) is 3. The van der Waals surface area contributed by atoms with Gasteiger partial charge in [-0.25, -0.2) is 18.7 Å². The molecule has 5 nitrogen and oxygen atoms in total. The van der Waals surface area contributed by atoms with Crippen molar-refractivity contribution in [1.29, 1.82) is 0 Å². The molecule has 2 aromatic heterocycles. The highest BCUT2D eigenvalue weighted by molar-refractivity contribution is 7.19. The molecule has 0 atom stereocenters. The van der Waals surface area contributed by atoms with Crippen LogP contribution >= 0.6 is 11.3 Å². The molecule has 0 fully saturated rings. The van der Waals surface area contributed by atoms with Crippen molar-refractivity contribution in [2.45, 2.75) is 6.92 Å². The largest absolute Gasteiger partial charge is 0.333 e. The van der Waals surface area contributed by atoms with E-state index in [1.807, 2.05) is 11.6 Å². The lowest BCUT2D eigenvalue weighted by Crippen LogP contribution is -2.13. The number of imidazole rings is 1. The van der Waals surface area contributed by atoms with Crippen molar-refractivity contribution in [3.05, 3.63) is 53.5 Å². The number of carbonyl (C=O) groups excluding carboxylic acids is 1. The summed E-state index contributed by atoms with van der Waals surface area (Å²) in [5, 5.41) is 2.79. The molecule has 3 aromatic rings. The van der Waals surface area contributed by atoms with Gasteiger partial charge in [0.1, 0.15) is 11.6 Å². The standard InChI is InChI=1S/C15H12F2N4OS/c1-8-12(13-18-5-6-21(13)2)23-15(19-8)20-14(22)10-7-9(16)3-4-11(10)17/h3-7H,1-2H3,(H,19,20,22). The number of aryl methyl sites for hydroxylation is 2. The molecule has 118 valence electrons. The monoisotopic (exact) mass is 334 g/mol. The Balaban J connectivity index is 1.88. The van der Waals surface area contributed by atoms with E-state index in [1.54, 1.807) is 19.3 Å². The second-order valence-corrected chi connectivity index (χ2v) is 5.87. The number of anilines is 1. The van der Waals surface area contributed by atoms with Crippen LogP contribution in [0.5, 0.6) is 0 Å². The Morgan fingerprint density at radius 3 is 2.83 bits per heavy atom. The molecule has 1 aromatic carbocycles. The van der Waals surface area contributed by atoms with Gasteiger partial charge in [-0.15, -0.1) is 0 Å². The molecule has 0 aliphatic heterocycles. The minimum Gasteiger partial charge on any atom is -0.333 e. The molecule has 23 heavy (non-hydrogen) atoms. The molecule has 0 aliphatic carbocycles. The van der Waals surface area contributed by atoms with E-state index in [1.165, 1.54) is 11.3 Å². The summed E-state index contributed by atoms with van der Waals surface area (Å²) >= 11 is 1.22. The van der Waals surface area contributed by atoms with Crippen molar-refractivity contribution in [2.75, 3.05) is 5.32 Å². The van der Waals surface area contributed by atoms with Gasteiger partial charge in [0.05, 0.1) is 16.1 Å². The van der Waals surface area contributed by atoms with Gasteiger partial charge in [-0.05, 0) is 25.1 Å². The second kappa shape index (κ2) is 5.88. The fraction of sp³-hybridized carbons (Fsp3) is 0.133. The summed E-state index contributed by atoms with van der Waals surface area (Å²) in [5.74, 6) is -1.50. The Kier molecular flexibility index (Phi) is 3.91. The van der Waals surface area contributed by atoms with Gasteiger partial charge in [0.25, 0.3) is 5.91 Å². The second-order valence-electron chi connectivity index (χ2n) is 4.87. The van der Waals surface area contributed by atoms with Crippen LogP contribution in [0.4, 0.5) is 13.9 Å². The maximum Gasteiger partial charge on any atom is 0.260 e. The summed E-state index contributed by atoms with van der Waals surface area (Å²) in [6.07, 6.45) is 3.46. The number of carbonyl (C=O) groups is 1. The SMILES string of the molecule is Cc1nc(NC(=O)c2cc(F)ccc2F)sc1-c1nccn1C. The van der Waals surface area contributed by atoms with E-state index in [4.69, 9.17) is 0 Å². The predicted molar refractivity (Wildman–Crippen MR) is 83.4 cm³/mol. The van der Waals surface area contributed by atoms with Crippen LogP contribution in [0.3, 0.4) is 0 Å². The summed E-state index contributed by atoms with van der Waals surface area (Å²) < 4.78 is 28.6. The fourth-order valence-electron chi connectivity index (χ4n) is 2.08. The molecule has 3 rings (SSSR count). The smallest absolute Gasteiger partial charge is 0.260 e. The van der Waals surface area contributed by atoms with Gasteiger partial charge < -0.3 is 4.57 Å². The van der Waals surface area contributed by atoms with Gasteiger partial charge in [0.15, 0.2) is 11.0 Å². The zero-order valence-electron chi connectivity index (χ0n) is 12.3. The third-order valence-electron chi connectivity index (χ3n) is 3.21. The molecule has 0 saturated carbocycles. The predicted octanol–water partition coefficient (Wildman–Crippen LogP) is 3.38. The third-order valence-corrected chi connectivity index (χ3v) is 4.28. The molecule has 0 saturated heterocycles. The van der Waals surface area contributed by atoms with Crippen LogP contribution in [0.2, 0.25) is 0 Å². The van der Waals surface area contributed by atoms with E-state index in [0.29, 0.717) is 10.8 Å². The van der Waals surface area contributed by atoms with E-state index < -0.39 is 17.5 Å². The van der Waals surface area contributed by atoms with Crippen LogP contribution < -0.4 is 5.32 Å². The molecule has 0 bridgehead atoms. The Hall–Kier alpha value is -2.61. The minimum absolute atomic E-state index is 0.300. The first-order chi connectivity index (χ1) is 11.0. The summed E-state index contributed by atoms with van der Waals surface area (Å²) in [7, 11) is 1.85. The minimum atomic E-state index is -0.790. The van der Waals surface area contributed by atoms with Crippen molar-refractivity contribution in [3.63, 3.8) is 0 Å². The Morgan fingerprint density at radius 2 is 2.13 bits per heavy atom. The zero-order valence-corrected chi connectivity index (χ0v) is 13.1. The molecule has 0 radical (unpaired) electrons. The van der Waals surface area contributed by atoms with Crippen molar-refractivity contribution in [1.82, 2.24) is 14.5 Å². The average molecular weight is 334 g/mol. The summed E-state index contributed by atoms with van der Waals surface area (Å²) in [4.78, 5) is 21.4. The average Bonchev–Trinajstić information content (AvgIpc) is 3.07. The number of aromatic nitrogens is 3. The maximum atomic E-state index is 13.6. The Morgan fingerprint density at radius 1 is 1.35 bits per heavy atom. The van der Waals surface area contributed by atoms with Crippen LogP contribution in [0, 0.1) is 18.6 Å². The summed E-state index contributed by atoms with van der Waals surface area (Å²) in [6, 6.07) is 2.72. The van der Waals surface area contributed by atoms with Crippen LogP contribution in [-0.4, -0.2) is 20.4 Å². The van der Waals surface area contributed by atoms with Gasteiger partial charge in [-0.3, -0.25) is 10.1 Å². The topological polar surface area (TPSA) is 59.8 Å². The van der Waals surface area contributed by atoms with Crippen LogP contribution in [0.15, 0.2) is 30.6 Å². The van der Waals surface area contributed by atoms with Gasteiger partial charge in [-0.1, -0.05) is 11.3 Å². The van der Waals surface area contributed by atoms with Gasteiger partial charge in [-0.2, -0.15) is 0 Å². The number of nitrogens with one attached hydrogen (secondary N) is 1. The first kappa shape index (κ1) is 15.3. The van der Waals surface area contributed by atoms with Crippen LogP contribution in [0.1, 0.15) is 16.1 Å². The maximum absolute atomic E-state index is 13.6. The number of hydrogen-bond acceptors (Lipinski definition) is 4. The highest BCUT2D eigenvalue weighted by Gasteiger charge is 2.18. The lowest BCUT2D eigenvalue weighted by Gasteiger charge is -2.03. The van der Waals surface area contributed by atoms with E-state index >= 15 is 0 Å². The number of benzene rings is 1. The number of rotatable bonds is 3. The lowest BCUT2D eigenvalue weighted by molar-refractivity contribution is 0.102. The van der Waals surface area contributed by atoms with E-state index in [2.05, 4.69) is 15.3 Å². The number of halogens is 2. The normalized spacial score (nSPS) is 10.8. The lowest BCUT2D eigenvalue weighted by atomic mass is 10.2. The van der Waals surface area contributed by atoms with Gasteiger partial charge >= 0.3 is 0 Å². The third kappa shape index (κ3) is 2.98. The Bertz CT molecular complexity index is 887. The number of hydrogen-bond donors (Lipinski definition) is 1.